The fraction of sp³-hybridized carbons (Fsp3) is 0.692. The predicted molar refractivity (Wildman–Crippen MR) is 77.1 cm³/mol. The molecule has 0 amide bonds. The Balaban J connectivity index is 2.44. The Morgan fingerprint density at radius 1 is 1.17 bits per heavy atom. The average Bonchev–Trinajstić information content (AvgIpc) is 2.22. The largest absolute Gasteiger partial charge is 0.370 e. The van der Waals surface area contributed by atoms with Gasteiger partial charge in [0.25, 0.3) is 0 Å². The maximum absolute atomic E-state index is 4.21. The molecule has 0 saturated heterocycles. The van der Waals surface area contributed by atoms with Crippen molar-refractivity contribution in [1.29, 1.82) is 0 Å². The van der Waals surface area contributed by atoms with E-state index in [9.17, 15) is 0 Å². The topological polar surface area (TPSA) is 53.1 Å². The zero-order valence-electron chi connectivity index (χ0n) is 12.1. The second-order valence-electron chi connectivity index (χ2n) is 5.75. The zero-order chi connectivity index (χ0) is 13.6. The van der Waals surface area contributed by atoms with Crippen molar-refractivity contribution in [3.05, 3.63) is 12.4 Å². The third-order valence-corrected chi connectivity index (χ3v) is 2.26. The molecule has 5 nitrogen and oxygen atoms in total. The molecule has 0 atom stereocenters. The molecule has 1 heterocycles. The fourth-order valence-electron chi connectivity index (χ4n) is 1.52. The van der Waals surface area contributed by atoms with Gasteiger partial charge in [0.1, 0.15) is 18.0 Å². The van der Waals surface area contributed by atoms with Crippen LogP contribution in [0, 0.1) is 0 Å². The number of anilines is 2. The van der Waals surface area contributed by atoms with Gasteiger partial charge >= 0.3 is 0 Å². The van der Waals surface area contributed by atoms with Gasteiger partial charge in [0.05, 0.1) is 0 Å². The van der Waals surface area contributed by atoms with Crippen molar-refractivity contribution in [2.75, 3.05) is 37.8 Å². The summed E-state index contributed by atoms with van der Waals surface area (Å²) >= 11 is 0. The van der Waals surface area contributed by atoms with E-state index in [1.165, 1.54) is 0 Å². The van der Waals surface area contributed by atoms with Gasteiger partial charge in [0, 0.05) is 18.2 Å². The number of nitrogens with zero attached hydrogens (tertiary/aromatic N) is 3. The monoisotopic (exact) mass is 251 g/mol. The van der Waals surface area contributed by atoms with Gasteiger partial charge in [-0.2, -0.15) is 0 Å². The molecule has 0 spiro atoms. The Kier molecular flexibility index (Phi) is 5.34. The van der Waals surface area contributed by atoms with E-state index >= 15 is 0 Å². The summed E-state index contributed by atoms with van der Waals surface area (Å²) in [6.45, 7) is 8.33. The fourth-order valence-corrected chi connectivity index (χ4v) is 1.52. The van der Waals surface area contributed by atoms with Crippen LogP contribution in [-0.4, -0.2) is 47.6 Å². The smallest absolute Gasteiger partial charge is 0.131 e. The first-order valence-corrected chi connectivity index (χ1v) is 6.36. The summed E-state index contributed by atoms with van der Waals surface area (Å²) in [5.74, 6) is 1.73. The molecular formula is C13H25N5. The van der Waals surface area contributed by atoms with Crippen molar-refractivity contribution in [3.8, 4) is 0 Å². The molecule has 0 unspecified atom stereocenters. The van der Waals surface area contributed by atoms with Crippen LogP contribution in [0.4, 0.5) is 11.6 Å². The lowest BCUT2D eigenvalue weighted by atomic mass is 10.1. The number of rotatable bonds is 6. The summed E-state index contributed by atoms with van der Waals surface area (Å²) in [5, 5.41) is 6.64. The second-order valence-corrected chi connectivity index (χ2v) is 5.75. The first kappa shape index (κ1) is 14.7. The maximum Gasteiger partial charge on any atom is 0.131 e. The highest BCUT2D eigenvalue weighted by molar-refractivity contribution is 5.47. The van der Waals surface area contributed by atoms with Crippen LogP contribution in [0.15, 0.2) is 12.4 Å². The molecule has 0 aliphatic heterocycles. The van der Waals surface area contributed by atoms with Crippen LogP contribution < -0.4 is 10.6 Å². The SMILES string of the molecule is CN(C)CCCNc1cc(NC(C)(C)C)ncn1. The Hall–Kier alpha value is -1.36. The lowest BCUT2D eigenvalue weighted by Gasteiger charge is -2.21. The van der Waals surface area contributed by atoms with Gasteiger partial charge in [0.2, 0.25) is 0 Å². The van der Waals surface area contributed by atoms with E-state index in [-0.39, 0.29) is 5.54 Å². The van der Waals surface area contributed by atoms with E-state index in [0.29, 0.717) is 0 Å². The molecular weight excluding hydrogens is 226 g/mol. The van der Waals surface area contributed by atoms with Crippen LogP contribution in [0.1, 0.15) is 27.2 Å². The van der Waals surface area contributed by atoms with Crippen molar-refractivity contribution in [2.24, 2.45) is 0 Å². The van der Waals surface area contributed by atoms with E-state index in [4.69, 9.17) is 0 Å². The van der Waals surface area contributed by atoms with Gasteiger partial charge in [-0.3, -0.25) is 0 Å². The van der Waals surface area contributed by atoms with E-state index < -0.39 is 0 Å². The van der Waals surface area contributed by atoms with Crippen LogP contribution in [0.25, 0.3) is 0 Å². The van der Waals surface area contributed by atoms with Crippen molar-refractivity contribution < 1.29 is 0 Å². The van der Waals surface area contributed by atoms with Crippen LogP contribution in [-0.2, 0) is 0 Å². The maximum atomic E-state index is 4.21. The third kappa shape index (κ3) is 6.39. The number of nitrogens with one attached hydrogen (secondary N) is 2. The molecule has 0 saturated carbocycles. The van der Waals surface area contributed by atoms with Crippen LogP contribution in [0.5, 0.6) is 0 Å². The van der Waals surface area contributed by atoms with Gasteiger partial charge in [-0.05, 0) is 47.8 Å². The third-order valence-electron chi connectivity index (χ3n) is 2.26. The zero-order valence-corrected chi connectivity index (χ0v) is 12.1. The van der Waals surface area contributed by atoms with Gasteiger partial charge in [-0.25, -0.2) is 9.97 Å². The molecule has 0 aliphatic rings. The molecule has 102 valence electrons. The molecule has 0 bridgehead atoms. The Morgan fingerprint density at radius 3 is 2.44 bits per heavy atom. The molecule has 2 N–H and O–H groups in total. The van der Waals surface area contributed by atoms with Crippen molar-refractivity contribution in [1.82, 2.24) is 14.9 Å². The van der Waals surface area contributed by atoms with Gasteiger partial charge in [-0.15, -0.1) is 0 Å². The van der Waals surface area contributed by atoms with Crippen LogP contribution in [0.2, 0.25) is 0 Å². The lowest BCUT2D eigenvalue weighted by Crippen LogP contribution is -2.26. The normalized spacial score (nSPS) is 11.7. The van der Waals surface area contributed by atoms with E-state index in [2.05, 4.69) is 60.4 Å². The van der Waals surface area contributed by atoms with Crippen LogP contribution >= 0.6 is 0 Å². The van der Waals surface area contributed by atoms with Gasteiger partial charge < -0.3 is 15.5 Å². The number of aromatic nitrogens is 2. The minimum atomic E-state index is 0.0105. The molecule has 1 aromatic rings. The second kappa shape index (κ2) is 6.54. The molecule has 18 heavy (non-hydrogen) atoms. The number of hydrogen-bond acceptors (Lipinski definition) is 5. The summed E-state index contributed by atoms with van der Waals surface area (Å²) in [4.78, 5) is 10.6. The first-order valence-electron chi connectivity index (χ1n) is 6.36. The summed E-state index contributed by atoms with van der Waals surface area (Å²) in [7, 11) is 4.16. The predicted octanol–water partition coefficient (Wildman–Crippen LogP) is 2.05. The Bertz CT molecular complexity index is 357. The van der Waals surface area contributed by atoms with Crippen molar-refractivity contribution >= 4 is 11.6 Å². The first-order chi connectivity index (χ1) is 8.37. The van der Waals surface area contributed by atoms with Gasteiger partial charge in [0.15, 0.2) is 0 Å². The van der Waals surface area contributed by atoms with E-state index in [0.717, 1.165) is 31.1 Å². The summed E-state index contributed by atoms with van der Waals surface area (Å²) in [6, 6.07) is 1.95. The average molecular weight is 251 g/mol. The Labute approximate surface area is 110 Å². The minimum absolute atomic E-state index is 0.0105. The highest BCUT2D eigenvalue weighted by atomic mass is 15.1. The number of hydrogen-bond donors (Lipinski definition) is 2. The quantitative estimate of drug-likeness (QED) is 0.758. The highest BCUT2D eigenvalue weighted by Crippen LogP contribution is 2.14. The summed E-state index contributed by atoms with van der Waals surface area (Å²) in [6.07, 6.45) is 2.68. The molecule has 0 radical (unpaired) electrons. The molecule has 0 fully saturated rings. The minimum Gasteiger partial charge on any atom is -0.370 e. The Morgan fingerprint density at radius 2 is 1.83 bits per heavy atom. The van der Waals surface area contributed by atoms with E-state index in [1.54, 1.807) is 6.33 Å². The molecule has 0 aromatic carbocycles. The van der Waals surface area contributed by atoms with Gasteiger partial charge in [-0.1, -0.05) is 0 Å². The highest BCUT2D eigenvalue weighted by Gasteiger charge is 2.10. The molecule has 0 aliphatic carbocycles. The standard InChI is InChI=1S/C13H25N5/c1-13(2,3)17-12-9-11(15-10-16-12)14-7-6-8-18(4)5/h9-10H,6-8H2,1-5H3,(H2,14,15,16,17). The van der Waals surface area contributed by atoms with Crippen LogP contribution in [0.3, 0.4) is 0 Å². The summed E-state index contributed by atoms with van der Waals surface area (Å²) < 4.78 is 0. The molecule has 5 heteroatoms. The molecule has 1 aromatic heterocycles. The van der Waals surface area contributed by atoms with E-state index in [1.807, 2.05) is 6.07 Å². The summed E-state index contributed by atoms with van der Waals surface area (Å²) in [5.41, 5.74) is 0.0105. The lowest BCUT2D eigenvalue weighted by molar-refractivity contribution is 0.405. The molecule has 1 rings (SSSR count). The van der Waals surface area contributed by atoms with Crippen molar-refractivity contribution in [2.45, 2.75) is 32.7 Å². The van der Waals surface area contributed by atoms with Crippen molar-refractivity contribution in [3.63, 3.8) is 0 Å².